The molecule has 0 aromatic heterocycles. The molecule has 1 N–H and O–H groups in total. The van der Waals surface area contributed by atoms with Crippen molar-refractivity contribution in [1.29, 1.82) is 0 Å². The molecule has 1 nitrogen and oxygen atoms in total. The number of hydrogen-bond acceptors (Lipinski definition) is 1. The minimum absolute atomic E-state index is 0.0548. The van der Waals surface area contributed by atoms with Crippen LogP contribution in [0.3, 0.4) is 0 Å². The van der Waals surface area contributed by atoms with Crippen molar-refractivity contribution in [2.75, 3.05) is 5.32 Å². The minimum Gasteiger partial charge on any atom is -0.377 e. The Morgan fingerprint density at radius 3 is 2.29 bits per heavy atom. The third kappa shape index (κ3) is 4.00. The maximum absolute atomic E-state index is 12.7. The SMILES string of the molecule is CCC(Nc1ccc(C(F)(F)F)cc1Br)c1ccccc1. The molecule has 1 atom stereocenters. The van der Waals surface area contributed by atoms with E-state index in [0.717, 1.165) is 24.1 Å². The van der Waals surface area contributed by atoms with Gasteiger partial charge in [-0.1, -0.05) is 37.3 Å². The van der Waals surface area contributed by atoms with Gasteiger partial charge in [0.2, 0.25) is 0 Å². The van der Waals surface area contributed by atoms with Gasteiger partial charge in [-0.3, -0.25) is 0 Å². The van der Waals surface area contributed by atoms with E-state index in [1.807, 2.05) is 37.3 Å². The summed E-state index contributed by atoms with van der Waals surface area (Å²) in [6, 6.07) is 13.5. The third-order valence-electron chi connectivity index (χ3n) is 3.24. The molecule has 0 aliphatic heterocycles. The Morgan fingerprint density at radius 1 is 1.10 bits per heavy atom. The molecule has 0 radical (unpaired) electrons. The number of halogens is 4. The summed E-state index contributed by atoms with van der Waals surface area (Å²) >= 11 is 3.21. The van der Waals surface area contributed by atoms with Crippen molar-refractivity contribution < 1.29 is 13.2 Å². The molecule has 0 amide bonds. The first-order chi connectivity index (χ1) is 9.91. The van der Waals surface area contributed by atoms with Gasteiger partial charge >= 0.3 is 6.18 Å². The van der Waals surface area contributed by atoms with Crippen LogP contribution in [0.4, 0.5) is 18.9 Å². The van der Waals surface area contributed by atoms with Crippen molar-refractivity contribution >= 4 is 21.6 Å². The fourth-order valence-corrected chi connectivity index (χ4v) is 2.60. The summed E-state index contributed by atoms with van der Waals surface area (Å²) in [6.07, 6.45) is -3.50. The fourth-order valence-electron chi connectivity index (χ4n) is 2.10. The normalized spacial score (nSPS) is 13.0. The molecule has 0 aliphatic rings. The number of nitrogens with one attached hydrogen (secondary N) is 1. The van der Waals surface area contributed by atoms with Crippen LogP contribution in [0.2, 0.25) is 0 Å². The second-order valence-electron chi connectivity index (χ2n) is 4.71. The molecule has 0 saturated carbocycles. The predicted octanol–water partition coefficient (Wildman–Crippen LogP) is 6.03. The Kier molecular flexibility index (Phi) is 4.93. The maximum atomic E-state index is 12.7. The molecule has 2 aromatic carbocycles. The number of alkyl halides is 3. The zero-order chi connectivity index (χ0) is 15.5. The zero-order valence-corrected chi connectivity index (χ0v) is 13.0. The number of rotatable bonds is 4. The van der Waals surface area contributed by atoms with Crippen molar-refractivity contribution in [2.24, 2.45) is 0 Å². The van der Waals surface area contributed by atoms with Gasteiger partial charge in [0.05, 0.1) is 11.6 Å². The van der Waals surface area contributed by atoms with Gasteiger partial charge < -0.3 is 5.32 Å². The molecule has 0 fully saturated rings. The second kappa shape index (κ2) is 6.52. The Labute approximate surface area is 130 Å². The molecule has 0 bridgehead atoms. The molecular formula is C16H15BrF3N. The summed E-state index contributed by atoms with van der Waals surface area (Å²) in [5, 5.41) is 3.28. The molecular weight excluding hydrogens is 343 g/mol. The van der Waals surface area contributed by atoms with Crippen LogP contribution in [0.15, 0.2) is 53.0 Å². The zero-order valence-electron chi connectivity index (χ0n) is 11.4. The summed E-state index contributed by atoms with van der Waals surface area (Å²) in [5.41, 5.74) is 1.10. The highest BCUT2D eigenvalue weighted by molar-refractivity contribution is 9.10. The van der Waals surface area contributed by atoms with Crippen LogP contribution in [-0.2, 0) is 6.18 Å². The quantitative estimate of drug-likeness (QED) is 0.704. The van der Waals surface area contributed by atoms with E-state index in [1.54, 1.807) is 0 Å². The van der Waals surface area contributed by atoms with Gasteiger partial charge in [0.15, 0.2) is 0 Å². The van der Waals surface area contributed by atoms with Crippen LogP contribution < -0.4 is 5.32 Å². The first-order valence-electron chi connectivity index (χ1n) is 6.60. The van der Waals surface area contributed by atoms with Crippen molar-refractivity contribution in [3.05, 3.63) is 64.1 Å². The average molecular weight is 358 g/mol. The maximum Gasteiger partial charge on any atom is 0.416 e. The monoisotopic (exact) mass is 357 g/mol. The Bertz CT molecular complexity index is 596. The smallest absolute Gasteiger partial charge is 0.377 e. The fraction of sp³-hybridized carbons (Fsp3) is 0.250. The summed E-state index contributed by atoms with van der Waals surface area (Å²) in [6.45, 7) is 2.03. The van der Waals surface area contributed by atoms with E-state index in [4.69, 9.17) is 0 Å². The van der Waals surface area contributed by atoms with Gasteiger partial charge in [-0.15, -0.1) is 0 Å². The van der Waals surface area contributed by atoms with Crippen LogP contribution in [-0.4, -0.2) is 0 Å². The second-order valence-corrected chi connectivity index (χ2v) is 5.56. The largest absolute Gasteiger partial charge is 0.416 e. The molecule has 112 valence electrons. The Balaban J connectivity index is 2.23. The standard InChI is InChI=1S/C16H15BrF3N/c1-2-14(11-6-4-3-5-7-11)21-15-9-8-12(10-13(15)17)16(18,19)20/h3-10,14,21H,2H2,1H3. The third-order valence-corrected chi connectivity index (χ3v) is 3.89. The van der Waals surface area contributed by atoms with Crippen molar-refractivity contribution in [2.45, 2.75) is 25.6 Å². The van der Waals surface area contributed by atoms with E-state index in [-0.39, 0.29) is 6.04 Å². The van der Waals surface area contributed by atoms with E-state index >= 15 is 0 Å². The van der Waals surface area contributed by atoms with Crippen LogP contribution in [0, 0.1) is 0 Å². The lowest BCUT2D eigenvalue weighted by atomic mass is 10.0. The number of anilines is 1. The van der Waals surface area contributed by atoms with Gasteiger partial charge in [0.25, 0.3) is 0 Å². The van der Waals surface area contributed by atoms with Gasteiger partial charge in [0.1, 0.15) is 0 Å². The van der Waals surface area contributed by atoms with Crippen molar-refractivity contribution in [1.82, 2.24) is 0 Å². The lowest BCUT2D eigenvalue weighted by Crippen LogP contribution is -2.11. The van der Waals surface area contributed by atoms with Gasteiger partial charge in [0, 0.05) is 10.2 Å². The van der Waals surface area contributed by atoms with E-state index in [1.165, 1.54) is 6.07 Å². The molecule has 0 saturated heterocycles. The Hall–Kier alpha value is -1.49. The molecule has 21 heavy (non-hydrogen) atoms. The first-order valence-corrected chi connectivity index (χ1v) is 7.39. The van der Waals surface area contributed by atoms with Gasteiger partial charge in [-0.2, -0.15) is 13.2 Å². The highest BCUT2D eigenvalue weighted by Gasteiger charge is 2.30. The van der Waals surface area contributed by atoms with Crippen LogP contribution >= 0.6 is 15.9 Å². The minimum atomic E-state index is -4.33. The summed E-state index contributed by atoms with van der Waals surface area (Å²) in [4.78, 5) is 0. The highest BCUT2D eigenvalue weighted by atomic mass is 79.9. The summed E-state index contributed by atoms with van der Waals surface area (Å²) in [7, 11) is 0. The van der Waals surface area contributed by atoms with Gasteiger partial charge in [-0.05, 0) is 46.1 Å². The van der Waals surface area contributed by atoms with Crippen molar-refractivity contribution in [3.63, 3.8) is 0 Å². The summed E-state index contributed by atoms with van der Waals surface area (Å²) in [5.74, 6) is 0. The highest BCUT2D eigenvalue weighted by Crippen LogP contribution is 2.35. The first kappa shape index (κ1) is 15.9. The molecule has 0 heterocycles. The topological polar surface area (TPSA) is 12.0 Å². The van der Waals surface area contributed by atoms with E-state index < -0.39 is 11.7 Å². The molecule has 5 heteroatoms. The van der Waals surface area contributed by atoms with Gasteiger partial charge in [-0.25, -0.2) is 0 Å². The molecule has 0 aliphatic carbocycles. The van der Waals surface area contributed by atoms with Crippen LogP contribution in [0.1, 0.15) is 30.5 Å². The van der Waals surface area contributed by atoms with Crippen molar-refractivity contribution in [3.8, 4) is 0 Å². The van der Waals surface area contributed by atoms with E-state index in [0.29, 0.717) is 10.2 Å². The lowest BCUT2D eigenvalue weighted by molar-refractivity contribution is -0.137. The van der Waals surface area contributed by atoms with E-state index in [9.17, 15) is 13.2 Å². The molecule has 1 unspecified atom stereocenters. The molecule has 2 rings (SSSR count). The molecule has 2 aromatic rings. The van der Waals surface area contributed by atoms with E-state index in [2.05, 4.69) is 21.2 Å². The van der Waals surface area contributed by atoms with Crippen LogP contribution in [0.25, 0.3) is 0 Å². The lowest BCUT2D eigenvalue weighted by Gasteiger charge is -2.20. The van der Waals surface area contributed by atoms with Crippen LogP contribution in [0.5, 0.6) is 0 Å². The summed E-state index contributed by atoms with van der Waals surface area (Å²) < 4.78 is 38.4. The number of benzene rings is 2. The average Bonchev–Trinajstić information content (AvgIpc) is 2.46. The molecule has 0 spiro atoms. The Morgan fingerprint density at radius 2 is 1.76 bits per heavy atom. The number of hydrogen-bond donors (Lipinski definition) is 1. The predicted molar refractivity (Wildman–Crippen MR) is 82.2 cm³/mol.